The van der Waals surface area contributed by atoms with Gasteiger partial charge < -0.3 is 5.32 Å². The van der Waals surface area contributed by atoms with E-state index in [0.717, 1.165) is 29.3 Å². The summed E-state index contributed by atoms with van der Waals surface area (Å²) in [5.41, 5.74) is 2.68. The highest BCUT2D eigenvalue weighted by Gasteiger charge is 2.09. The Hall–Kier alpha value is -2.33. The van der Waals surface area contributed by atoms with Crippen LogP contribution in [-0.4, -0.2) is 22.2 Å². The van der Waals surface area contributed by atoms with Gasteiger partial charge in [0, 0.05) is 22.5 Å². The smallest absolute Gasteiger partial charge is 0.251 e. The molecular formula is C19H20ClN3O. The second kappa shape index (κ2) is 7.49. The van der Waals surface area contributed by atoms with Crippen molar-refractivity contribution in [3.8, 4) is 0 Å². The Morgan fingerprint density at radius 2 is 2.12 bits per heavy atom. The van der Waals surface area contributed by atoms with E-state index in [-0.39, 0.29) is 5.91 Å². The average molecular weight is 342 g/mol. The molecule has 124 valence electrons. The molecular weight excluding hydrogens is 322 g/mol. The molecule has 0 bridgehead atoms. The normalized spacial score (nSPS) is 10.9. The summed E-state index contributed by atoms with van der Waals surface area (Å²) in [6.45, 7) is 3.42. The number of carbonyl (C=O) groups is 1. The van der Waals surface area contributed by atoms with Crippen LogP contribution in [0.4, 0.5) is 0 Å². The fourth-order valence-corrected chi connectivity index (χ4v) is 2.84. The van der Waals surface area contributed by atoms with E-state index in [0.29, 0.717) is 23.7 Å². The number of carbonyl (C=O) groups excluding carboxylic acids is 1. The molecule has 4 nitrogen and oxygen atoms in total. The number of hydrogen-bond donors (Lipinski definition) is 1. The van der Waals surface area contributed by atoms with E-state index < -0.39 is 0 Å². The predicted octanol–water partition coefficient (Wildman–Crippen LogP) is 4.27. The molecule has 5 heteroatoms. The third-order valence-electron chi connectivity index (χ3n) is 3.94. The summed E-state index contributed by atoms with van der Waals surface area (Å²) in [6.07, 6.45) is 3.87. The fourth-order valence-electron chi connectivity index (χ4n) is 2.63. The summed E-state index contributed by atoms with van der Waals surface area (Å²) in [6, 6.07) is 13.4. The molecule has 24 heavy (non-hydrogen) atoms. The number of fused-ring (bicyclic) bond motifs is 1. The highest BCUT2D eigenvalue weighted by molar-refractivity contribution is 6.30. The zero-order chi connectivity index (χ0) is 16.9. The van der Waals surface area contributed by atoms with E-state index in [1.807, 2.05) is 53.3 Å². The molecule has 1 amide bonds. The standard InChI is InChI=1S/C19H20ClN3O/c1-2-3-9-21-19(24)15-7-8-16-12-22-23(18(16)11-15)13-14-5-4-6-17(20)10-14/h4-8,10-12H,2-3,9,13H2,1H3,(H,21,24). The first-order chi connectivity index (χ1) is 11.7. The molecule has 0 saturated heterocycles. The lowest BCUT2D eigenvalue weighted by Gasteiger charge is -2.07. The third-order valence-corrected chi connectivity index (χ3v) is 4.18. The number of benzene rings is 2. The van der Waals surface area contributed by atoms with Crippen LogP contribution in [0, 0.1) is 0 Å². The topological polar surface area (TPSA) is 46.9 Å². The molecule has 0 fully saturated rings. The highest BCUT2D eigenvalue weighted by Crippen LogP contribution is 2.18. The number of halogens is 1. The average Bonchev–Trinajstić information content (AvgIpc) is 2.97. The number of unbranched alkanes of at least 4 members (excludes halogenated alkanes) is 1. The Morgan fingerprint density at radius 1 is 1.25 bits per heavy atom. The first-order valence-electron chi connectivity index (χ1n) is 8.15. The Labute approximate surface area is 146 Å². The van der Waals surface area contributed by atoms with Gasteiger partial charge in [-0.3, -0.25) is 9.48 Å². The van der Waals surface area contributed by atoms with Crippen molar-refractivity contribution in [1.29, 1.82) is 0 Å². The molecule has 0 spiro atoms. The Bertz CT molecular complexity index is 857. The molecule has 0 aliphatic heterocycles. The Kier molecular flexibility index (Phi) is 5.16. The number of amides is 1. The van der Waals surface area contributed by atoms with Crippen molar-refractivity contribution in [1.82, 2.24) is 15.1 Å². The largest absolute Gasteiger partial charge is 0.352 e. The zero-order valence-corrected chi connectivity index (χ0v) is 14.4. The number of nitrogens with one attached hydrogen (secondary N) is 1. The van der Waals surface area contributed by atoms with Gasteiger partial charge in [0.15, 0.2) is 0 Å². The number of rotatable bonds is 6. The van der Waals surface area contributed by atoms with Crippen LogP contribution in [-0.2, 0) is 6.54 Å². The minimum absolute atomic E-state index is 0.0409. The lowest BCUT2D eigenvalue weighted by Crippen LogP contribution is -2.24. The van der Waals surface area contributed by atoms with Crippen LogP contribution in [0.2, 0.25) is 5.02 Å². The van der Waals surface area contributed by atoms with Gasteiger partial charge in [-0.25, -0.2) is 0 Å². The first kappa shape index (κ1) is 16.5. The maximum absolute atomic E-state index is 12.2. The van der Waals surface area contributed by atoms with Crippen molar-refractivity contribution < 1.29 is 4.79 Å². The fraction of sp³-hybridized carbons (Fsp3) is 0.263. The number of aromatic nitrogens is 2. The van der Waals surface area contributed by atoms with Crippen LogP contribution in [0.3, 0.4) is 0 Å². The molecule has 0 aliphatic carbocycles. The molecule has 1 heterocycles. The summed E-state index contributed by atoms with van der Waals surface area (Å²) >= 11 is 6.05. The predicted molar refractivity (Wildman–Crippen MR) is 97.5 cm³/mol. The second-order valence-electron chi connectivity index (χ2n) is 5.82. The summed E-state index contributed by atoms with van der Waals surface area (Å²) < 4.78 is 1.89. The second-order valence-corrected chi connectivity index (χ2v) is 6.25. The van der Waals surface area contributed by atoms with Crippen LogP contribution in [0.15, 0.2) is 48.7 Å². The minimum Gasteiger partial charge on any atom is -0.352 e. The molecule has 0 aliphatic rings. The van der Waals surface area contributed by atoms with Gasteiger partial charge in [-0.1, -0.05) is 43.1 Å². The molecule has 0 radical (unpaired) electrons. The van der Waals surface area contributed by atoms with Gasteiger partial charge >= 0.3 is 0 Å². The van der Waals surface area contributed by atoms with Crippen molar-refractivity contribution in [2.45, 2.75) is 26.3 Å². The maximum Gasteiger partial charge on any atom is 0.251 e. The molecule has 0 atom stereocenters. The van der Waals surface area contributed by atoms with E-state index in [1.165, 1.54) is 0 Å². The van der Waals surface area contributed by atoms with Gasteiger partial charge in [0.25, 0.3) is 5.91 Å². The maximum atomic E-state index is 12.2. The van der Waals surface area contributed by atoms with Gasteiger partial charge in [0.2, 0.25) is 0 Å². The van der Waals surface area contributed by atoms with Crippen molar-refractivity contribution in [3.05, 3.63) is 64.8 Å². The van der Waals surface area contributed by atoms with E-state index in [1.54, 1.807) is 0 Å². The molecule has 2 aromatic carbocycles. The molecule has 1 aromatic heterocycles. The molecule has 0 unspecified atom stereocenters. The molecule has 3 aromatic rings. The number of nitrogens with zero attached hydrogens (tertiary/aromatic N) is 2. The van der Waals surface area contributed by atoms with Gasteiger partial charge in [-0.2, -0.15) is 5.10 Å². The van der Waals surface area contributed by atoms with E-state index in [4.69, 9.17) is 11.6 Å². The summed E-state index contributed by atoms with van der Waals surface area (Å²) in [4.78, 5) is 12.2. The quantitative estimate of drug-likeness (QED) is 0.681. The Balaban J connectivity index is 1.84. The van der Waals surface area contributed by atoms with E-state index in [2.05, 4.69) is 17.3 Å². The van der Waals surface area contributed by atoms with Crippen molar-refractivity contribution in [3.63, 3.8) is 0 Å². The minimum atomic E-state index is -0.0409. The van der Waals surface area contributed by atoms with Gasteiger partial charge in [0.05, 0.1) is 18.3 Å². The van der Waals surface area contributed by atoms with E-state index in [9.17, 15) is 4.79 Å². The van der Waals surface area contributed by atoms with Crippen molar-refractivity contribution in [2.24, 2.45) is 0 Å². The van der Waals surface area contributed by atoms with E-state index >= 15 is 0 Å². The van der Waals surface area contributed by atoms with Crippen LogP contribution >= 0.6 is 11.6 Å². The summed E-state index contributed by atoms with van der Waals surface area (Å²) in [7, 11) is 0. The first-order valence-corrected chi connectivity index (χ1v) is 8.53. The number of hydrogen-bond acceptors (Lipinski definition) is 2. The lowest BCUT2D eigenvalue weighted by molar-refractivity contribution is 0.0953. The van der Waals surface area contributed by atoms with Crippen LogP contribution < -0.4 is 5.32 Å². The molecule has 3 rings (SSSR count). The van der Waals surface area contributed by atoms with Crippen LogP contribution in [0.5, 0.6) is 0 Å². The van der Waals surface area contributed by atoms with Crippen molar-refractivity contribution in [2.75, 3.05) is 6.54 Å². The molecule has 1 N–H and O–H groups in total. The Morgan fingerprint density at radius 3 is 2.92 bits per heavy atom. The third kappa shape index (κ3) is 3.77. The van der Waals surface area contributed by atoms with Crippen molar-refractivity contribution >= 4 is 28.4 Å². The highest BCUT2D eigenvalue weighted by atomic mass is 35.5. The van der Waals surface area contributed by atoms with Gasteiger partial charge in [-0.15, -0.1) is 0 Å². The van der Waals surface area contributed by atoms with Gasteiger partial charge in [0.1, 0.15) is 0 Å². The van der Waals surface area contributed by atoms with Gasteiger partial charge in [-0.05, 0) is 36.2 Å². The summed E-state index contributed by atoms with van der Waals surface area (Å²) in [5.74, 6) is -0.0409. The lowest BCUT2D eigenvalue weighted by atomic mass is 10.1. The monoisotopic (exact) mass is 341 g/mol. The summed E-state index contributed by atoms with van der Waals surface area (Å²) in [5, 5.41) is 9.11. The SMILES string of the molecule is CCCCNC(=O)c1ccc2cnn(Cc3cccc(Cl)c3)c2c1. The zero-order valence-electron chi connectivity index (χ0n) is 13.6. The van der Waals surface area contributed by atoms with Crippen LogP contribution in [0.1, 0.15) is 35.7 Å². The molecule has 0 saturated carbocycles. The van der Waals surface area contributed by atoms with Crippen LogP contribution in [0.25, 0.3) is 10.9 Å².